The Hall–Kier alpha value is -3.89. The van der Waals surface area contributed by atoms with Crippen LogP contribution in [-0.4, -0.2) is 19.1 Å². The van der Waals surface area contributed by atoms with Crippen molar-refractivity contribution in [3.05, 3.63) is 131 Å². The number of ether oxygens (including phenoxy) is 2. The summed E-state index contributed by atoms with van der Waals surface area (Å²) in [6.45, 7) is 0. The molecule has 35 heavy (non-hydrogen) atoms. The van der Waals surface area contributed by atoms with Gasteiger partial charge in [-0.3, -0.25) is 9.69 Å². The number of hydrogen-bond acceptors (Lipinski definition) is 3. The van der Waals surface area contributed by atoms with Crippen LogP contribution < -0.4 is 9.64 Å². The summed E-state index contributed by atoms with van der Waals surface area (Å²) in [7, 11) is 1.64. The second kappa shape index (κ2) is 8.71. The predicted octanol–water partition coefficient (Wildman–Crippen LogP) is 6.32. The van der Waals surface area contributed by atoms with E-state index in [2.05, 4.69) is 48.5 Å². The molecule has 1 saturated heterocycles. The zero-order chi connectivity index (χ0) is 23.8. The molecule has 2 heterocycles. The Morgan fingerprint density at radius 2 is 1.51 bits per heavy atom. The average molecular weight is 462 g/mol. The van der Waals surface area contributed by atoms with Gasteiger partial charge in [-0.2, -0.15) is 0 Å². The van der Waals surface area contributed by atoms with Gasteiger partial charge in [0.05, 0.1) is 13.2 Å². The molecule has 6 rings (SSSR count). The van der Waals surface area contributed by atoms with Crippen molar-refractivity contribution in [2.75, 3.05) is 12.0 Å². The van der Waals surface area contributed by atoms with E-state index in [9.17, 15) is 4.79 Å². The highest BCUT2D eigenvalue weighted by Gasteiger charge is 2.58. The number of nitrogens with zero attached hydrogens (tertiary/aromatic N) is 1. The van der Waals surface area contributed by atoms with E-state index < -0.39 is 5.72 Å². The maximum atomic E-state index is 13.8. The van der Waals surface area contributed by atoms with Gasteiger partial charge < -0.3 is 9.47 Å². The number of amides is 1. The van der Waals surface area contributed by atoms with Crippen LogP contribution in [0, 0.1) is 0 Å². The van der Waals surface area contributed by atoms with Crippen LogP contribution in [0.4, 0.5) is 5.69 Å². The van der Waals surface area contributed by atoms with Crippen molar-refractivity contribution in [3.63, 3.8) is 0 Å². The van der Waals surface area contributed by atoms with Crippen LogP contribution in [0.3, 0.4) is 0 Å². The average Bonchev–Trinajstić information content (AvgIpc) is 3.40. The minimum absolute atomic E-state index is 0.0297. The number of benzene rings is 4. The van der Waals surface area contributed by atoms with E-state index in [0.29, 0.717) is 12.0 Å². The lowest BCUT2D eigenvalue weighted by Gasteiger charge is -2.35. The largest absolute Gasteiger partial charge is 0.497 e. The molecule has 3 atom stereocenters. The van der Waals surface area contributed by atoms with Gasteiger partial charge in [-0.15, -0.1) is 0 Å². The summed E-state index contributed by atoms with van der Waals surface area (Å²) in [5.41, 5.74) is 4.04. The van der Waals surface area contributed by atoms with Gasteiger partial charge in [-0.25, -0.2) is 0 Å². The predicted molar refractivity (Wildman–Crippen MR) is 137 cm³/mol. The van der Waals surface area contributed by atoms with Gasteiger partial charge in [0.15, 0.2) is 5.72 Å². The van der Waals surface area contributed by atoms with Crippen molar-refractivity contribution in [1.82, 2.24) is 0 Å². The van der Waals surface area contributed by atoms with Crippen LogP contribution in [0.15, 0.2) is 109 Å². The smallest absolute Gasteiger partial charge is 0.261 e. The van der Waals surface area contributed by atoms with Gasteiger partial charge in [0.1, 0.15) is 5.75 Å². The van der Waals surface area contributed by atoms with Crippen molar-refractivity contribution < 1.29 is 14.3 Å². The van der Waals surface area contributed by atoms with Crippen LogP contribution >= 0.6 is 0 Å². The summed E-state index contributed by atoms with van der Waals surface area (Å²) < 4.78 is 12.4. The number of carbonyl (C=O) groups is 1. The SMILES string of the molecule is COc1ccc(N2C(=O)c3ccccc3[C@@]23C[C@@H](c2ccccc2)[C@H](Cc2ccccc2)O3)cc1. The standard InChI is InChI=1S/C31H27NO3/c1-34-25-18-16-24(17-19-25)32-30(33)26-14-8-9-15-28(26)31(32)21-27(23-12-6-3-7-13-23)29(35-31)20-22-10-4-2-5-11-22/h2-19,27,29H,20-21H2,1H3/t27-,29-,31-/m0/s1. The van der Waals surface area contributed by atoms with Crippen LogP contribution in [0.1, 0.15) is 39.4 Å². The summed E-state index contributed by atoms with van der Waals surface area (Å²) in [6.07, 6.45) is 1.37. The first-order chi connectivity index (χ1) is 17.2. The fraction of sp³-hybridized carbons (Fsp3) is 0.194. The number of methoxy groups -OCH3 is 1. The normalized spacial score (nSPS) is 23.0. The highest BCUT2D eigenvalue weighted by atomic mass is 16.5. The summed E-state index contributed by atoms with van der Waals surface area (Å²) in [5.74, 6) is 0.859. The van der Waals surface area contributed by atoms with Gasteiger partial charge in [0.25, 0.3) is 5.91 Å². The fourth-order valence-corrected chi connectivity index (χ4v) is 5.66. The molecule has 0 bridgehead atoms. The van der Waals surface area contributed by atoms with Crippen LogP contribution in [0.2, 0.25) is 0 Å². The van der Waals surface area contributed by atoms with E-state index in [1.165, 1.54) is 11.1 Å². The van der Waals surface area contributed by atoms with Gasteiger partial charge in [-0.05, 0) is 47.9 Å². The molecule has 4 nitrogen and oxygen atoms in total. The minimum atomic E-state index is -0.873. The maximum absolute atomic E-state index is 13.8. The molecular weight excluding hydrogens is 434 g/mol. The van der Waals surface area contributed by atoms with Crippen molar-refractivity contribution in [1.29, 1.82) is 0 Å². The van der Waals surface area contributed by atoms with Gasteiger partial charge in [0.2, 0.25) is 0 Å². The Labute approximate surface area is 205 Å². The Kier molecular flexibility index (Phi) is 5.39. The number of carbonyl (C=O) groups excluding carboxylic acids is 1. The van der Waals surface area contributed by atoms with E-state index in [1.807, 2.05) is 65.6 Å². The van der Waals surface area contributed by atoms with Crippen LogP contribution in [0.5, 0.6) is 5.75 Å². The van der Waals surface area contributed by atoms with Crippen molar-refractivity contribution >= 4 is 11.6 Å². The number of anilines is 1. The molecule has 0 aliphatic carbocycles. The molecule has 1 fully saturated rings. The topological polar surface area (TPSA) is 38.8 Å². The molecule has 0 unspecified atom stereocenters. The van der Waals surface area contributed by atoms with Crippen LogP contribution in [-0.2, 0) is 16.9 Å². The second-order valence-electron chi connectivity index (χ2n) is 9.24. The molecule has 0 N–H and O–H groups in total. The molecule has 1 spiro atoms. The van der Waals surface area contributed by atoms with Gasteiger partial charge >= 0.3 is 0 Å². The highest BCUT2D eigenvalue weighted by Crippen LogP contribution is 2.55. The first kappa shape index (κ1) is 21.6. The first-order valence-corrected chi connectivity index (χ1v) is 12.0. The van der Waals surface area contributed by atoms with Crippen LogP contribution in [0.25, 0.3) is 0 Å². The van der Waals surface area contributed by atoms with E-state index in [-0.39, 0.29) is 17.9 Å². The highest BCUT2D eigenvalue weighted by molar-refractivity contribution is 6.11. The second-order valence-corrected chi connectivity index (χ2v) is 9.24. The summed E-state index contributed by atoms with van der Waals surface area (Å²) in [4.78, 5) is 15.7. The minimum Gasteiger partial charge on any atom is -0.497 e. The van der Waals surface area contributed by atoms with Gasteiger partial charge in [0, 0.05) is 29.2 Å². The molecule has 174 valence electrons. The third-order valence-corrected chi connectivity index (χ3v) is 7.27. The van der Waals surface area contributed by atoms with Crippen molar-refractivity contribution in [2.45, 2.75) is 30.6 Å². The van der Waals surface area contributed by atoms with Gasteiger partial charge in [-0.1, -0.05) is 78.9 Å². The van der Waals surface area contributed by atoms with E-state index in [0.717, 1.165) is 23.4 Å². The van der Waals surface area contributed by atoms with E-state index in [4.69, 9.17) is 9.47 Å². The summed E-state index contributed by atoms with van der Waals surface area (Å²) in [6, 6.07) is 36.5. The molecule has 4 heteroatoms. The summed E-state index contributed by atoms with van der Waals surface area (Å²) in [5, 5.41) is 0. The third-order valence-electron chi connectivity index (χ3n) is 7.27. The lowest BCUT2D eigenvalue weighted by atomic mass is 9.85. The molecule has 4 aromatic carbocycles. The van der Waals surface area contributed by atoms with E-state index >= 15 is 0 Å². The van der Waals surface area contributed by atoms with Crippen molar-refractivity contribution in [2.24, 2.45) is 0 Å². The number of rotatable bonds is 5. The zero-order valence-electron chi connectivity index (χ0n) is 19.6. The lowest BCUT2D eigenvalue weighted by molar-refractivity contribution is -0.0401. The number of fused-ring (bicyclic) bond motifs is 2. The Morgan fingerprint density at radius 3 is 2.23 bits per heavy atom. The molecule has 2 aliphatic rings. The zero-order valence-corrected chi connectivity index (χ0v) is 19.6. The maximum Gasteiger partial charge on any atom is 0.261 e. The molecule has 0 radical (unpaired) electrons. The molecule has 0 saturated carbocycles. The molecule has 1 amide bonds. The van der Waals surface area contributed by atoms with Crippen molar-refractivity contribution in [3.8, 4) is 5.75 Å². The Morgan fingerprint density at radius 1 is 0.857 bits per heavy atom. The Balaban J connectivity index is 1.48. The van der Waals surface area contributed by atoms with E-state index in [1.54, 1.807) is 7.11 Å². The third kappa shape index (κ3) is 3.62. The monoisotopic (exact) mass is 461 g/mol. The molecule has 2 aliphatic heterocycles. The molecular formula is C31H27NO3. The lowest BCUT2D eigenvalue weighted by Crippen LogP contribution is -2.44. The Bertz CT molecular complexity index is 1340. The number of hydrogen-bond donors (Lipinski definition) is 0. The quantitative estimate of drug-likeness (QED) is 0.349. The molecule has 0 aromatic heterocycles. The molecule has 4 aromatic rings. The fourth-order valence-electron chi connectivity index (χ4n) is 5.66. The summed E-state index contributed by atoms with van der Waals surface area (Å²) >= 11 is 0. The first-order valence-electron chi connectivity index (χ1n) is 12.0.